The minimum Gasteiger partial charge on any atom is -0.456 e. The van der Waals surface area contributed by atoms with Gasteiger partial charge in [-0.15, -0.1) is 11.3 Å². The van der Waals surface area contributed by atoms with Crippen LogP contribution in [0.2, 0.25) is 0 Å². The zero-order chi connectivity index (χ0) is 43.0. The second kappa shape index (κ2) is 13.5. The molecule has 0 saturated carbocycles. The van der Waals surface area contributed by atoms with Crippen molar-refractivity contribution >= 4 is 119 Å². The molecule has 0 fully saturated rings. The fourth-order valence-electron chi connectivity index (χ4n) is 10.8. The average Bonchev–Trinajstić information content (AvgIpc) is 4.13. The lowest BCUT2D eigenvalue weighted by atomic mass is 9.99. The summed E-state index contributed by atoms with van der Waals surface area (Å²) >= 11 is 1.75. The zero-order valence-corrected chi connectivity index (χ0v) is 36.1. The summed E-state index contributed by atoms with van der Waals surface area (Å²) in [5.74, 6) is 0.634. The molecule has 0 amide bonds. The van der Waals surface area contributed by atoms with E-state index < -0.39 is 0 Å². The second-order valence-electron chi connectivity index (χ2n) is 17.3. The number of para-hydroxylation sites is 2. The standard InChI is InChI=1S/C60H34N4OS/c1-2-14-40(15-3-1)63-48-20-10-8-18-43(48)46-32-37(24-28-49(46)63)38-25-29-50-47(33-38)55-41-16-6-4-12-35(41)23-30-51(55)64(50)60-61-57(59-58(62-60)45-19-9-11-21-54(45)66-59)39-22-27-44-53(34-39)65-52-31-26-36-13-5-7-17-42(36)56(44)52/h1-34H. The Morgan fingerprint density at radius 3 is 1.82 bits per heavy atom. The maximum Gasteiger partial charge on any atom is 0.235 e. The molecule has 0 N–H and O–H groups in total. The van der Waals surface area contributed by atoms with Gasteiger partial charge in [-0.1, -0.05) is 133 Å². The smallest absolute Gasteiger partial charge is 0.235 e. The number of fused-ring (bicyclic) bond motifs is 16. The SMILES string of the molecule is c1ccc(-n2c3ccccc3c3cc(-c4ccc5c(c4)c4c6ccccc6ccc4n5-c4nc(-c5ccc6c(c5)oc5ccc7ccccc7c56)c5sc6ccccc6c5n4)ccc32)cc1. The lowest BCUT2D eigenvalue weighted by Crippen LogP contribution is -2.02. The number of hydrogen-bond donors (Lipinski definition) is 0. The lowest BCUT2D eigenvalue weighted by molar-refractivity contribution is 0.669. The van der Waals surface area contributed by atoms with Crippen LogP contribution in [0.3, 0.4) is 0 Å². The molecule has 6 heteroatoms. The predicted octanol–water partition coefficient (Wildman–Crippen LogP) is 16.6. The van der Waals surface area contributed by atoms with E-state index in [1.54, 1.807) is 11.3 Å². The van der Waals surface area contributed by atoms with Gasteiger partial charge in [0.05, 0.1) is 38.0 Å². The molecular formula is C60H34N4OS. The first-order valence-corrected chi connectivity index (χ1v) is 23.1. The van der Waals surface area contributed by atoms with E-state index in [1.165, 1.54) is 59.0 Å². The summed E-state index contributed by atoms with van der Waals surface area (Å²) < 4.78 is 13.5. The van der Waals surface area contributed by atoms with E-state index in [2.05, 4.69) is 215 Å². The van der Waals surface area contributed by atoms with E-state index >= 15 is 0 Å². The summed E-state index contributed by atoms with van der Waals surface area (Å²) in [6, 6.07) is 74.2. The Hall–Kier alpha value is -8.58. The summed E-state index contributed by atoms with van der Waals surface area (Å²) in [4.78, 5) is 11.1. The van der Waals surface area contributed by atoms with Crippen molar-refractivity contribution in [2.75, 3.05) is 0 Å². The molecule has 5 heterocycles. The van der Waals surface area contributed by atoms with E-state index in [4.69, 9.17) is 14.4 Å². The molecule has 0 aliphatic rings. The van der Waals surface area contributed by atoms with Gasteiger partial charge in [0.25, 0.3) is 0 Å². The van der Waals surface area contributed by atoms with Crippen LogP contribution in [0, 0.1) is 0 Å². The lowest BCUT2D eigenvalue weighted by Gasteiger charge is -2.11. The number of hydrogen-bond acceptors (Lipinski definition) is 4. The van der Waals surface area contributed by atoms with E-state index in [9.17, 15) is 0 Å². The molecule has 0 aliphatic carbocycles. The third-order valence-corrected chi connectivity index (χ3v) is 14.9. The van der Waals surface area contributed by atoms with E-state index in [-0.39, 0.29) is 0 Å². The predicted molar refractivity (Wildman–Crippen MR) is 277 cm³/mol. The Bertz CT molecular complexity index is 4530. The third kappa shape index (κ3) is 5.04. The van der Waals surface area contributed by atoms with Crippen LogP contribution < -0.4 is 0 Å². The molecule has 306 valence electrons. The second-order valence-corrected chi connectivity index (χ2v) is 18.3. The maximum atomic E-state index is 6.62. The number of thiophene rings is 1. The van der Waals surface area contributed by atoms with Crippen LogP contribution in [0.5, 0.6) is 0 Å². The molecule has 0 aliphatic heterocycles. The molecule has 0 bridgehead atoms. The fraction of sp³-hybridized carbons (Fsp3) is 0. The Labute approximate surface area is 380 Å². The Morgan fingerprint density at radius 2 is 1.00 bits per heavy atom. The van der Waals surface area contributed by atoms with Crippen molar-refractivity contribution in [3.63, 3.8) is 0 Å². The van der Waals surface area contributed by atoms with Gasteiger partial charge in [-0.25, -0.2) is 9.97 Å². The van der Waals surface area contributed by atoms with Gasteiger partial charge in [0.2, 0.25) is 5.95 Å². The van der Waals surface area contributed by atoms with Crippen molar-refractivity contribution in [2.24, 2.45) is 0 Å². The van der Waals surface area contributed by atoms with Crippen LogP contribution in [-0.4, -0.2) is 19.1 Å². The molecule has 0 atom stereocenters. The normalized spacial score (nSPS) is 12.2. The van der Waals surface area contributed by atoms with Crippen LogP contribution in [0.1, 0.15) is 0 Å². The van der Waals surface area contributed by atoms with Crippen LogP contribution in [-0.2, 0) is 0 Å². The summed E-state index contributed by atoms with van der Waals surface area (Å²) in [6.45, 7) is 0. The molecule has 66 heavy (non-hydrogen) atoms. The third-order valence-electron chi connectivity index (χ3n) is 13.7. The van der Waals surface area contributed by atoms with Gasteiger partial charge in [-0.3, -0.25) is 4.57 Å². The molecule has 5 aromatic heterocycles. The molecule has 15 rings (SSSR count). The largest absolute Gasteiger partial charge is 0.456 e. The molecule has 0 unspecified atom stereocenters. The van der Waals surface area contributed by atoms with Crippen molar-refractivity contribution in [1.82, 2.24) is 19.1 Å². The Morgan fingerprint density at radius 1 is 0.379 bits per heavy atom. The minimum atomic E-state index is 0.634. The monoisotopic (exact) mass is 858 g/mol. The molecule has 0 spiro atoms. The average molecular weight is 859 g/mol. The first kappa shape index (κ1) is 35.8. The highest BCUT2D eigenvalue weighted by Gasteiger charge is 2.23. The minimum absolute atomic E-state index is 0.634. The highest BCUT2D eigenvalue weighted by molar-refractivity contribution is 7.26. The molecule has 10 aromatic carbocycles. The van der Waals surface area contributed by atoms with Crippen LogP contribution in [0.4, 0.5) is 0 Å². The highest BCUT2D eigenvalue weighted by atomic mass is 32.1. The Balaban J connectivity index is 0.973. The van der Waals surface area contributed by atoms with Gasteiger partial charge in [0, 0.05) is 53.7 Å². The molecule has 0 radical (unpaired) electrons. The number of benzene rings is 10. The quantitative estimate of drug-likeness (QED) is 0.177. The van der Waals surface area contributed by atoms with Gasteiger partial charge >= 0.3 is 0 Å². The zero-order valence-electron chi connectivity index (χ0n) is 35.2. The van der Waals surface area contributed by atoms with E-state index in [1.807, 2.05) is 0 Å². The highest BCUT2D eigenvalue weighted by Crippen LogP contribution is 2.44. The van der Waals surface area contributed by atoms with E-state index in [0.29, 0.717) is 5.95 Å². The fourth-order valence-corrected chi connectivity index (χ4v) is 11.9. The first-order valence-electron chi connectivity index (χ1n) is 22.3. The van der Waals surface area contributed by atoms with Crippen LogP contribution >= 0.6 is 11.3 Å². The molecular weight excluding hydrogens is 825 g/mol. The summed E-state index contributed by atoms with van der Waals surface area (Å²) in [5.41, 5.74) is 12.5. The molecule has 0 saturated heterocycles. The van der Waals surface area contributed by atoms with Gasteiger partial charge < -0.3 is 8.98 Å². The topological polar surface area (TPSA) is 48.8 Å². The van der Waals surface area contributed by atoms with Crippen molar-refractivity contribution in [3.05, 3.63) is 206 Å². The van der Waals surface area contributed by atoms with Gasteiger partial charge in [0.15, 0.2) is 0 Å². The van der Waals surface area contributed by atoms with E-state index in [0.717, 1.165) is 76.5 Å². The maximum absolute atomic E-state index is 6.62. The van der Waals surface area contributed by atoms with Crippen LogP contribution in [0.15, 0.2) is 211 Å². The first-order chi connectivity index (χ1) is 32.7. The molecule has 15 aromatic rings. The summed E-state index contributed by atoms with van der Waals surface area (Å²) in [6.07, 6.45) is 0. The number of aromatic nitrogens is 4. The van der Waals surface area contributed by atoms with Crippen molar-refractivity contribution in [1.29, 1.82) is 0 Å². The van der Waals surface area contributed by atoms with Gasteiger partial charge in [-0.2, -0.15) is 0 Å². The Kier molecular flexibility index (Phi) is 7.31. The number of nitrogens with zero attached hydrogens (tertiary/aromatic N) is 4. The summed E-state index contributed by atoms with van der Waals surface area (Å²) in [7, 11) is 0. The van der Waals surface area contributed by atoms with Gasteiger partial charge in [0.1, 0.15) is 11.2 Å². The summed E-state index contributed by atoms with van der Waals surface area (Å²) in [5, 5.41) is 12.9. The van der Waals surface area contributed by atoms with Crippen LogP contribution in [0.25, 0.3) is 141 Å². The molecule has 5 nitrogen and oxygen atoms in total. The van der Waals surface area contributed by atoms with Crippen molar-refractivity contribution < 1.29 is 4.42 Å². The number of rotatable bonds is 4. The van der Waals surface area contributed by atoms with Gasteiger partial charge in [-0.05, 0) is 105 Å². The van der Waals surface area contributed by atoms with Crippen molar-refractivity contribution in [2.45, 2.75) is 0 Å². The number of furan rings is 1. The van der Waals surface area contributed by atoms with Crippen molar-refractivity contribution in [3.8, 4) is 34.0 Å².